The maximum Gasteiger partial charge on any atom is 0.221 e. The van der Waals surface area contributed by atoms with Crippen LogP contribution in [0, 0.1) is 5.92 Å². The van der Waals surface area contributed by atoms with Gasteiger partial charge in [-0.05, 0) is 25.2 Å². The summed E-state index contributed by atoms with van der Waals surface area (Å²) < 4.78 is 0. The Kier molecular flexibility index (Phi) is 2.54. The molecule has 0 radical (unpaired) electrons. The van der Waals surface area contributed by atoms with Crippen LogP contribution in [0.25, 0.3) is 0 Å². The average molecular weight is 182 g/mol. The van der Waals surface area contributed by atoms with Crippen LogP contribution in [0.1, 0.15) is 38.5 Å². The molecule has 2 aliphatic rings. The largest absolute Gasteiger partial charge is 0.353 e. The Morgan fingerprint density at radius 3 is 2.62 bits per heavy atom. The van der Waals surface area contributed by atoms with Crippen molar-refractivity contribution in [3.05, 3.63) is 0 Å². The number of hydrogen-bond acceptors (Lipinski definition) is 2. The number of nitrogens with two attached hydrogens (primary N) is 1. The summed E-state index contributed by atoms with van der Waals surface area (Å²) in [5.74, 6) is 0.853. The van der Waals surface area contributed by atoms with Gasteiger partial charge in [0, 0.05) is 18.5 Å². The highest BCUT2D eigenvalue weighted by Crippen LogP contribution is 2.30. The van der Waals surface area contributed by atoms with Crippen molar-refractivity contribution in [3.8, 4) is 0 Å². The molecular formula is C10H18N2O. The van der Waals surface area contributed by atoms with Crippen molar-refractivity contribution in [2.24, 2.45) is 11.7 Å². The molecule has 1 saturated heterocycles. The van der Waals surface area contributed by atoms with Gasteiger partial charge in [-0.1, -0.05) is 12.8 Å². The Morgan fingerprint density at radius 2 is 2.00 bits per heavy atom. The molecule has 1 heterocycles. The molecule has 2 atom stereocenters. The van der Waals surface area contributed by atoms with E-state index in [4.69, 9.17) is 5.73 Å². The molecule has 1 saturated carbocycles. The highest BCUT2D eigenvalue weighted by atomic mass is 16.1. The van der Waals surface area contributed by atoms with Gasteiger partial charge in [0.05, 0.1) is 0 Å². The topological polar surface area (TPSA) is 55.1 Å². The minimum atomic E-state index is 0.0966. The third-order valence-corrected chi connectivity index (χ3v) is 3.32. The van der Waals surface area contributed by atoms with Gasteiger partial charge in [0.1, 0.15) is 0 Å². The van der Waals surface area contributed by atoms with Crippen LogP contribution < -0.4 is 11.1 Å². The van der Waals surface area contributed by atoms with E-state index in [0.717, 1.165) is 6.42 Å². The van der Waals surface area contributed by atoms with Crippen LogP contribution in [0.15, 0.2) is 0 Å². The van der Waals surface area contributed by atoms with Gasteiger partial charge in [-0.3, -0.25) is 4.79 Å². The highest BCUT2D eigenvalue weighted by Gasteiger charge is 2.31. The summed E-state index contributed by atoms with van der Waals surface area (Å²) >= 11 is 0. The quantitative estimate of drug-likeness (QED) is 0.629. The summed E-state index contributed by atoms with van der Waals surface area (Å²) in [6, 6.07) is 0.470. The molecule has 1 aliphatic carbocycles. The van der Waals surface area contributed by atoms with E-state index >= 15 is 0 Å². The monoisotopic (exact) mass is 182 g/mol. The Morgan fingerprint density at radius 1 is 1.31 bits per heavy atom. The summed E-state index contributed by atoms with van der Waals surface area (Å²) in [5.41, 5.74) is 5.82. The lowest BCUT2D eigenvalue weighted by atomic mass is 9.88. The molecule has 0 spiro atoms. The van der Waals surface area contributed by atoms with Gasteiger partial charge in [0.15, 0.2) is 0 Å². The second-order valence-electron chi connectivity index (χ2n) is 4.42. The van der Waals surface area contributed by atoms with Gasteiger partial charge >= 0.3 is 0 Å². The molecule has 0 aromatic heterocycles. The van der Waals surface area contributed by atoms with E-state index in [1.54, 1.807) is 0 Å². The van der Waals surface area contributed by atoms with Gasteiger partial charge < -0.3 is 11.1 Å². The summed E-state index contributed by atoms with van der Waals surface area (Å²) in [6.45, 7) is 0. The van der Waals surface area contributed by atoms with Crippen LogP contribution in [-0.2, 0) is 4.79 Å². The number of amides is 1. The van der Waals surface area contributed by atoms with Crippen molar-refractivity contribution in [1.82, 2.24) is 5.32 Å². The van der Waals surface area contributed by atoms with Crippen molar-refractivity contribution < 1.29 is 4.79 Å². The second-order valence-corrected chi connectivity index (χ2v) is 4.42. The fourth-order valence-electron chi connectivity index (χ4n) is 2.64. The number of piperidine rings is 1. The summed E-state index contributed by atoms with van der Waals surface area (Å²) in [5, 5.41) is 3.07. The SMILES string of the molecule is NC1CC(=O)NC(C2CCCC2)C1. The summed E-state index contributed by atoms with van der Waals surface area (Å²) in [6.07, 6.45) is 6.70. The molecule has 1 aliphatic heterocycles. The van der Waals surface area contributed by atoms with Crippen molar-refractivity contribution in [3.63, 3.8) is 0 Å². The lowest BCUT2D eigenvalue weighted by Gasteiger charge is -2.31. The second kappa shape index (κ2) is 3.66. The van der Waals surface area contributed by atoms with Crippen LogP contribution in [0.5, 0.6) is 0 Å². The van der Waals surface area contributed by atoms with E-state index in [1.165, 1.54) is 25.7 Å². The number of carbonyl (C=O) groups excluding carboxylic acids is 1. The van der Waals surface area contributed by atoms with Crippen LogP contribution in [-0.4, -0.2) is 18.0 Å². The molecule has 0 aromatic carbocycles. The highest BCUT2D eigenvalue weighted by molar-refractivity contribution is 5.77. The van der Waals surface area contributed by atoms with E-state index in [1.807, 2.05) is 0 Å². The maximum absolute atomic E-state index is 11.2. The fraction of sp³-hybridized carbons (Fsp3) is 0.900. The minimum Gasteiger partial charge on any atom is -0.353 e. The predicted molar refractivity (Wildman–Crippen MR) is 51.1 cm³/mol. The third-order valence-electron chi connectivity index (χ3n) is 3.32. The molecule has 3 N–H and O–H groups in total. The average Bonchev–Trinajstić information content (AvgIpc) is 2.53. The first kappa shape index (κ1) is 9.00. The molecule has 1 amide bonds. The molecule has 74 valence electrons. The smallest absolute Gasteiger partial charge is 0.221 e. The number of hydrogen-bond donors (Lipinski definition) is 2. The Bertz CT molecular complexity index is 199. The standard InChI is InChI=1S/C10H18N2O/c11-8-5-9(12-10(13)6-8)7-3-1-2-4-7/h7-9H,1-6,11H2,(H,12,13). The minimum absolute atomic E-state index is 0.0966. The van der Waals surface area contributed by atoms with E-state index in [0.29, 0.717) is 18.4 Å². The predicted octanol–water partition coefficient (Wildman–Crippen LogP) is 0.782. The zero-order valence-corrected chi connectivity index (χ0v) is 7.96. The van der Waals surface area contributed by atoms with Crippen LogP contribution in [0.4, 0.5) is 0 Å². The van der Waals surface area contributed by atoms with Crippen molar-refractivity contribution in [2.45, 2.75) is 50.6 Å². The Labute approximate surface area is 79.1 Å². The first-order valence-corrected chi connectivity index (χ1v) is 5.30. The van der Waals surface area contributed by atoms with Crippen LogP contribution in [0.2, 0.25) is 0 Å². The van der Waals surface area contributed by atoms with Gasteiger partial charge in [-0.15, -0.1) is 0 Å². The molecule has 2 rings (SSSR count). The van der Waals surface area contributed by atoms with Crippen molar-refractivity contribution in [2.75, 3.05) is 0 Å². The van der Waals surface area contributed by atoms with E-state index in [9.17, 15) is 4.79 Å². The normalized spacial score (nSPS) is 36.2. The van der Waals surface area contributed by atoms with E-state index in [2.05, 4.69) is 5.32 Å². The molecule has 13 heavy (non-hydrogen) atoms. The van der Waals surface area contributed by atoms with Crippen molar-refractivity contribution in [1.29, 1.82) is 0 Å². The maximum atomic E-state index is 11.2. The lowest BCUT2D eigenvalue weighted by Crippen LogP contribution is -2.50. The first-order chi connectivity index (χ1) is 6.25. The molecule has 0 aromatic rings. The van der Waals surface area contributed by atoms with Gasteiger partial charge in [0.25, 0.3) is 0 Å². The van der Waals surface area contributed by atoms with Crippen LogP contribution in [0.3, 0.4) is 0 Å². The van der Waals surface area contributed by atoms with Crippen molar-refractivity contribution >= 4 is 5.91 Å². The first-order valence-electron chi connectivity index (χ1n) is 5.30. The number of rotatable bonds is 1. The lowest BCUT2D eigenvalue weighted by molar-refractivity contribution is -0.124. The van der Waals surface area contributed by atoms with E-state index < -0.39 is 0 Å². The molecule has 3 nitrogen and oxygen atoms in total. The third kappa shape index (κ3) is 2.02. The molecule has 3 heteroatoms. The molecule has 0 bridgehead atoms. The molecule has 2 fully saturated rings. The fourth-order valence-corrected chi connectivity index (χ4v) is 2.64. The molecular weight excluding hydrogens is 164 g/mol. The molecule has 2 unspecified atom stereocenters. The Hall–Kier alpha value is -0.570. The summed E-state index contributed by atoms with van der Waals surface area (Å²) in [4.78, 5) is 11.2. The van der Waals surface area contributed by atoms with Gasteiger partial charge in [-0.25, -0.2) is 0 Å². The van der Waals surface area contributed by atoms with Gasteiger partial charge in [-0.2, -0.15) is 0 Å². The number of carbonyl (C=O) groups is 1. The zero-order chi connectivity index (χ0) is 9.26. The number of nitrogens with one attached hydrogen (secondary N) is 1. The van der Waals surface area contributed by atoms with E-state index in [-0.39, 0.29) is 11.9 Å². The van der Waals surface area contributed by atoms with Crippen LogP contribution >= 0.6 is 0 Å². The summed E-state index contributed by atoms with van der Waals surface area (Å²) in [7, 11) is 0. The van der Waals surface area contributed by atoms with Gasteiger partial charge in [0.2, 0.25) is 5.91 Å². The Balaban J connectivity index is 1.94. The zero-order valence-electron chi connectivity index (χ0n) is 7.96.